The monoisotopic (exact) mass is 178 g/mol. The van der Waals surface area contributed by atoms with E-state index in [1.807, 2.05) is 26.2 Å². The largest absolute Gasteiger partial charge is 0.429 e. The number of hydrogen-bond acceptors (Lipinski definition) is 2. The number of carbonyl (C=O) groups is 1. The molecule has 0 radical (unpaired) electrons. The molecule has 0 spiro atoms. The molecule has 0 N–H and O–H groups in total. The molecule has 2 amide bonds. The van der Waals surface area contributed by atoms with Gasteiger partial charge in [-0.25, -0.2) is 9.78 Å². The molecule has 0 aliphatic carbocycles. The van der Waals surface area contributed by atoms with Crippen molar-refractivity contribution >= 4 is 17.5 Å². The highest BCUT2D eigenvalue weighted by Crippen LogP contribution is 2.36. The van der Waals surface area contributed by atoms with Crippen molar-refractivity contribution in [3.05, 3.63) is 18.3 Å². The predicted octanol–water partition coefficient (Wildman–Crippen LogP) is 1.22. The third kappa shape index (κ3) is 0.890. The molecule has 1 aliphatic rings. The molecule has 68 valence electrons. The maximum Gasteiger partial charge on any atom is 0.429 e. The lowest BCUT2D eigenvalue weighted by molar-refractivity contribution is 0.228. The number of anilines is 1. The van der Waals surface area contributed by atoms with Gasteiger partial charge in [0, 0.05) is 13.2 Å². The Morgan fingerprint density at radius 1 is 1.46 bits per heavy atom. The molecule has 0 saturated heterocycles. The van der Waals surface area contributed by atoms with E-state index >= 15 is 0 Å². The van der Waals surface area contributed by atoms with Crippen LogP contribution in [0.1, 0.15) is 0 Å². The van der Waals surface area contributed by atoms with E-state index in [1.165, 1.54) is 0 Å². The van der Waals surface area contributed by atoms with Crippen molar-refractivity contribution < 1.29 is 4.79 Å². The fourth-order valence-electron chi connectivity index (χ4n) is 1.65. The van der Waals surface area contributed by atoms with Crippen molar-refractivity contribution in [2.24, 2.45) is 0 Å². The molecule has 0 bridgehead atoms. The normalized spacial score (nSPS) is 19.0. The number of nitrogens with zero attached hydrogens (tertiary/aromatic N) is 3. The number of aromatic nitrogens is 1. The average molecular weight is 178 g/mol. The van der Waals surface area contributed by atoms with E-state index in [-0.39, 0.29) is 10.5 Å². The van der Waals surface area contributed by atoms with Crippen LogP contribution in [0.5, 0.6) is 0 Å². The SMILES string of the molecule is CN1C(=O)[N+](C)(C)c2ncccc21. The summed E-state index contributed by atoms with van der Waals surface area (Å²) in [4.78, 5) is 17.6. The fraction of sp³-hybridized carbons (Fsp3) is 0.333. The molecule has 2 heterocycles. The standard InChI is InChI=1S/C9H12N3O/c1-11-7-5-4-6-10-8(7)12(2,3)9(11)13/h4-6H,1-3H3/q+1. The number of hydrogen-bond donors (Lipinski definition) is 0. The van der Waals surface area contributed by atoms with E-state index < -0.39 is 0 Å². The van der Waals surface area contributed by atoms with Gasteiger partial charge in [-0.2, -0.15) is 4.48 Å². The molecule has 2 rings (SSSR count). The van der Waals surface area contributed by atoms with Gasteiger partial charge in [-0.1, -0.05) is 0 Å². The van der Waals surface area contributed by atoms with Gasteiger partial charge in [0.25, 0.3) is 5.82 Å². The third-order valence-electron chi connectivity index (χ3n) is 2.42. The number of urea groups is 1. The van der Waals surface area contributed by atoms with Crippen molar-refractivity contribution in [1.29, 1.82) is 0 Å². The lowest BCUT2D eigenvalue weighted by atomic mass is 10.4. The van der Waals surface area contributed by atoms with Crippen molar-refractivity contribution in [1.82, 2.24) is 9.47 Å². The zero-order valence-corrected chi connectivity index (χ0v) is 7.98. The number of quaternary nitrogens is 1. The van der Waals surface area contributed by atoms with Crippen LogP contribution in [0.25, 0.3) is 0 Å². The Labute approximate surface area is 77.0 Å². The topological polar surface area (TPSA) is 33.2 Å². The molecule has 0 saturated carbocycles. The predicted molar refractivity (Wildman–Crippen MR) is 51.7 cm³/mol. The van der Waals surface area contributed by atoms with Crippen LogP contribution in [-0.4, -0.2) is 32.2 Å². The van der Waals surface area contributed by atoms with Gasteiger partial charge in [-0.3, -0.25) is 4.90 Å². The van der Waals surface area contributed by atoms with Crippen LogP contribution in [0.4, 0.5) is 16.3 Å². The molecule has 0 fully saturated rings. The first-order chi connectivity index (χ1) is 6.05. The summed E-state index contributed by atoms with van der Waals surface area (Å²) in [5.41, 5.74) is 0.900. The Morgan fingerprint density at radius 2 is 2.15 bits per heavy atom. The molecule has 4 nitrogen and oxygen atoms in total. The summed E-state index contributed by atoms with van der Waals surface area (Å²) >= 11 is 0. The summed E-state index contributed by atoms with van der Waals surface area (Å²) in [6.07, 6.45) is 1.71. The van der Waals surface area contributed by atoms with Crippen LogP contribution >= 0.6 is 0 Å². The third-order valence-corrected chi connectivity index (χ3v) is 2.42. The van der Waals surface area contributed by atoms with Crippen molar-refractivity contribution in [3.8, 4) is 0 Å². The summed E-state index contributed by atoms with van der Waals surface area (Å²) in [7, 11) is 5.46. The first-order valence-electron chi connectivity index (χ1n) is 4.13. The average Bonchev–Trinajstić information content (AvgIpc) is 2.30. The van der Waals surface area contributed by atoms with Gasteiger partial charge in [0.2, 0.25) is 0 Å². The van der Waals surface area contributed by atoms with Crippen molar-refractivity contribution in [3.63, 3.8) is 0 Å². The van der Waals surface area contributed by atoms with Crippen LogP contribution in [0.2, 0.25) is 0 Å². The van der Waals surface area contributed by atoms with Gasteiger partial charge in [0.15, 0.2) is 0 Å². The van der Waals surface area contributed by atoms with Crippen LogP contribution < -0.4 is 9.38 Å². The van der Waals surface area contributed by atoms with Crippen LogP contribution in [-0.2, 0) is 0 Å². The summed E-state index contributed by atoms with van der Waals surface area (Å²) in [5, 5.41) is 0. The zero-order valence-electron chi connectivity index (χ0n) is 7.98. The Balaban J connectivity index is 2.68. The van der Waals surface area contributed by atoms with Gasteiger partial charge in [-0.05, 0) is 12.1 Å². The van der Waals surface area contributed by atoms with Gasteiger partial charge in [-0.15, -0.1) is 0 Å². The van der Waals surface area contributed by atoms with Crippen molar-refractivity contribution in [2.45, 2.75) is 0 Å². The molecule has 1 aliphatic heterocycles. The second-order valence-electron chi connectivity index (χ2n) is 3.64. The number of fused-ring (bicyclic) bond motifs is 1. The molecular weight excluding hydrogens is 166 g/mol. The molecule has 1 aromatic rings. The zero-order chi connectivity index (χ0) is 9.64. The van der Waals surface area contributed by atoms with Gasteiger partial charge >= 0.3 is 6.03 Å². The minimum atomic E-state index is 0.0497. The van der Waals surface area contributed by atoms with E-state index in [1.54, 1.807) is 18.1 Å². The van der Waals surface area contributed by atoms with E-state index in [0.717, 1.165) is 11.5 Å². The molecular formula is C9H12N3O+. The van der Waals surface area contributed by atoms with E-state index in [2.05, 4.69) is 4.98 Å². The lowest BCUT2D eigenvalue weighted by Crippen LogP contribution is -2.47. The fourth-order valence-corrected chi connectivity index (χ4v) is 1.65. The van der Waals surface area contributed by atoms with Gasteiger partial charge in [0.1, 0.15) is 5.69 Å². The Bertz CT molecular complexity index is 373. The molecule has 13 heavy (non-hydrogen) atoms. The molecule has 4 heteroatoms. The van der Waals surface area contributed by atoms with Gasteiger partial charge in [0.05, 0.1) is 14.1 Å². The van der Waals surface area contributed by atoms with Crippen LogP contribution in [0.15, 0.2) is 18.3 Å². The summed E-state index contributed by atoms with van der Waals surface area (Å²) in [6.45, 7) is 0. The van der Waals surface area contributed by atoms with E-state index in [9.17, 15) is 4.79 Å². The minimum absolute atomic E-state index is 0.0497. The summed E-state index contributed by atoms with van der Waals surface area (Å²) in [5.74, 6) is 0.815. The van der Waals surface area contributed by atoms with E-state index in [4.69, 9.17) is 0 Å². The number of rotatable bonds is 0. The highest BCUT2D eigenvalue weighted by atomic mass is 16.2. The van der Waals surface area contributed by atoms with Gasteiger partial charge < -0.3 is 0 Å². The molecule has 1 aromatic heterocycles. The number of carbonyl (C=O) groups excluding carboxylic acids is 1. The second kappa shape index (κ2) is 2.29. The summed E-state index contributed by atoms with van der Waals surface area (Å²) in [6, 6.07) is 3.80. The van der Waals surface area contributed by atoms with Crippen molar-refractivity contribution in [2.75, 3.05) is 26.0 Å². The van der Waals surface area contributed by atoms with Crippen LogP contribution in [0.3, 0.4) is 0 Å². The molecule has 0 atom stereocenters. The highest BCUT2D eigenvalue weighted by molar-refractivity contribution is 6.07. The van der Waals surface area contributed by atoms with E-state index in [0.29, 0.717) is 0 Å². The quantitative estimate of drug-likeness (QED) is 0.559. The second-order valence-corrected chi connectivity index (χ2v) is 3.64. The lowest BCUT2D eigenvalue weighted by Gasteiger charge is -2.17. The number of pyridine rings is 1. The van der Waals surface area contributed by atoms with Crippen LogP contribution in [0, 0.1) is 0 Å². The minimum Gasteiger partial charge on any atom is -0.257 e. The Morgan fingerprint density at radius 3 is 2.77 bits per heavy atom. The molecule has 0 unspecified atom stereocenters. The maximum atomic E-state index is 11.7. The smallest absolute Gasteiger partial charge is 0.257 e. The first kappa shape index (κ1) is 8.19. The first-order valence-corrected chi connectivity index (χ1v) is 4.13. The summed E-state index contributed by atoms with van der Waals surface area (Å²) < 4.78 is 0.201. The highest BCUT2D eigenvalue weighted by Gasteiger charge is 2.45. The Hall–Kier alpha value is -1.42. The maximum absolute atomic E-state index is 11.7. The Kier molecular flexibility index (Phi) is 1.44. The number of amides is 2. The molecule has 0 aromatic carbocycles.